The Hall–Kier alpha value is -3.09. The van der Waals surface area contributed by atoms with Crippen LogP contribution in [0.1, 0.15) is 33.0 Å². The van der Waals surface area contributed by atoms with Crippen LogP contribution in [0.15, 0.2) is 36.7 Å². The van der Waals surface area contributed by atoms with Crippen LogP contribution < -0.4 is 0 Å². The third-order valence-electron chi connectivity index (χ3n) is 4.76. The number of nitrogens with one attached hydrogen (secondary N) is 2. The van der Waals surface area contributed by atoms with E-state index >= 15 is 0 Å². The van der Waals surface area contributed by atoms with Gasteiger partial charge in [0.2, 0.25) is 0 Å². The van der Waals surface area contributed by atoms with Gasteiger partial charge in [-0.05, 0) is 37.6 Å². The summed E-state index contributed by atoms with van der Waals surface area (Å²) in [5.41, 5.74) is 3.03. The first-order valence-corrected chi connectivity index (χ1v) is 8.79. The smallest absolute Gasteiger partial charge is 0.255 e. The molecule has 3 heterocycles. The molecule has 0 saturated carbocycles. The Morgan fingerprint density at radius 1 is 1.00 bits per heavy atom. The fraction of sp³-hybridized carbons (Fsp3) is 0.316. The lowest BCUT2D eigenvalue weighted by atomic mass is 10.1. The molecule has 7 heteroatoms. The number of carbonyl (C=O) groups excluding carboxylic acids is 2. The molecule has 0 atom stereocenters. The zero-order chi connectivity index (χ0) is 18.1. The van der Waals surface area contributed by atoms with Crippen molar-refractivity contribution in [3.05, 3.63) is 53.6 Å². The molecule has 7 nitrogen and oxygen atoms in total. The highest BCUT2D eigenvalue weighted by molar-refractivity contribution is 5.97. The van der Waals surface area contributed by atoms with Crippen LogP contribution in [0.4, 0.5) is 0 Å². The zero-order valence-corrected chi connectivity index (χ0v) is 14.7. The summed E-state index contributed by atoms with van der Waals surface area (Å²) in [6.07, 6.45) is 4.22. The van der Waals surface area contributed by atoms with Crippen LogP contribution in [0.3, 0.4) is 0 Å². The molecule has 2 amide bonds. The minimum absolute atomic E-state index is 0.00454. The monoisotopic (exact) mass is 351 g/mol. The molecule has 1 aliphatic heterocycles. The van der Waals surface area contributed by atoms with Crippen LogP contribution in [0.25, 0.3) is 11.0 Å². The van der Waals surface area contributed by atoms with Crippen molar-refractivity contribution < 1.29 is 9.59 Å². The van der Waals surface area contributed by atoms with Gasteiger partial charge in [-0.1, -0.05) is 0 Å². The lowest BCUT2D eigenvalue weighted by Gasteiger charge is -2.22. The second kappa shape index (κ2) is 6.67. The normalized spacial score (nSPS) is 15.3. The van der Waals surface area contributed by atoms with Gasteiger partial charge in [0.05, 0.1) is 16.6 Å². The van der Waals surface area contributed by atoms with Crippen molar-refractivity contribution in [2.75, 3.05) is 26.2 Å². The number of H-pyrrole nitrogens is 2. The predicted molar refractivity (Wildman–Crippen MR) is 98.0 cm³/mol. The summed E-state index contributed by atoms with van der Waals surface area (Å²) in [6.45, 7) is 4.28. The number of hydrogen-bond acceptors (Lipinski definition) is 3. The number of carbonyl (C=O) groups is 2. The van der Waals surface area contributed by atoms with E-state index in [0.717, 1.165) is 23.3 Å². The van der Waals surface area contributed by atoms with E-state index in [1.165, 1.54) is 0 Å². The number of aryl methyl sites for hydroxylation is 1. The van der Waals surface area contributed by atoms with E-state index in [1.54, 1.807) is 18.5 Å². The van der Waals surface area contributed by atoms with E-state index in [1.807, 2.05) is 34.9 Å². The lowest BCUT2D eigenvalue weighted by Crippen LogP contribution is -2.37. The second-order valence-electron chi connectivity index (χ2n) is 6.59. The Morgan fingerprint density at radius 2 is 1.73 bits per heavy atom. The van der Waals surface area contributed by atoms with Gasteiger partial charge in [-0.2, -0.15) is 0 Å². The maximum Gasteiger partial charge on any atom is 0.255 e. The lowest BCUT2D eigenvalue weighted by molar-refractivity contribution is 0.0719. The van der Waals surface area contributed by atoms with E-state index in [0.29, 0.717) is 37.3 Å². The van der Waals surface area contributed by atoms with Gasteiger partial charge in [0.15, 0.2) is 0 Å². The van der Waals surface area contributed by atoms with E-state index in [9.17, 15) is 9.59 Å². The molecule has 2 aromatic heterocycles. The van der Waals surface area contributed by atoms with E-state index in [4.69, 9.17) is 0 Å². The first-order chi connectivity index (χ1) is 12.6. The molecule has 1 fully saturated rings. The van der Waals surface area contributed by atoms with Crippen LogP contribution in [-0.4, -0.2) is 62.7 Å². The van der Waals surface area contributed by atoms with Gasteiger partial charge < -0.3 is 19.8 Å². The number of imidazole rings is 1. The average Bonchev–Trinajstić information content (AvgIpc) is 3.23. The molecule has 3 aromatic rings. The minimum Gasteiger partial charge on any atom is -0.367 e. The van der Waals surface area contributed by atoms with E-state index < -0.39 is 0 Å². The molecule has 134 valence electrons. The molecule has 1 aromatic carbocycles. The maximum absolute atomic E-state index is 12.9. The SMILES string of the molecule is Cc1nc2ccc(C(=O)N3CCCN(C(=O)c4cc[nH]c4)CC3)cc2[nH]1. The highest BCUT2D eigenvalue weighted by Gasteiger charge is 2.24. The van der Waals surface area contributed by atoms with Crippen molar-refractivity contribution in [3.8, 4) is 0 Å². The van der Waals surface area contributed by atoms with Crippen molar-refractivity contribution in [2.24, 2.45) is 0 Å². The summed E-state index contributed by atoms with van der Waals surface area (Å²) >= 11 is 0. The van der Waals surface area contributed by atoms with Crippen molar-refractivity contribution in [2.45, 2.75) is 13.3 Å². The first-order valence-electron chi connectivity index (χ1n) is 8.79. The fourth-order valence-corrected chi connectivity index (χ4v) is 3.42. The molecule has 4 rings (SSSR count). The average molecular weight is 351 g/mol. The number of aromatic nitrogens is 3. The Kier molecular flexibility index (Phi) is 4.20. The third kappa shape index (κ3) is 3.08. The molecular formula is C19H21N5O2. The van der Waals surface area contributed by atoms with E-state index in [-0.39, 0.29) is 11.8 Å². The molecule has 0 spiro atoms. The van der Waals surface area contributed by atoms with Crippen LogP contribution in [0.2, 0.25) is 0 Å². The number of nitrogens with zero attached hydrogens (tertiary/aromatic N) is 3. The predicted octanol–water partition coefficient (Wildman–Crippen LogP) is 2.19. The van der Waals surface area contributed by atoms with Crippen LogP contribution in [-0.2, 0) is 0 Å². The molecule has 0 bridgehead atoms. The fourth-order valence-electron chi connectivity index (χ4n) is 3.42. The molecule has 26 heavy (non-hydrogen) atoms. The molecule has 0 radical (unpaired) electrons. The molecule has 1 saturated heterocycles. The van der Waals surface area contributed by atoms with Gasteiger partial charge in [-0.3, -0.25) is 9.59 Å². The number of fused-ring (bicyclic) bond motifs is 1. The van der Waals surface area contributed by atoms with Gasteiger partial charge in [0.1, 0.15) is 5.82 Å². The van der Waals surface area contributed by atoms with Gasteiger partial charge in [-0.25, -0.2) is 4.98 Å². The standard InChI is InChI=1S/C19H21N5O2/c1-13-21-16-4-3-14(11-17(16)22-13)18(25)23-7-2-8-24(10-9-23)19(26)15-5-6-20-12-15/h3-6,11-12,20H,2,7-10H2,1H3,(H,21,22). The topological polar surface area (TPSA) is 85.1 Å². The largest absolute Gasteiger partial charge is 0.367 e. The van der Waals surface area contributed by atoms with Crippen LogP contribution in [0.5, 0.6) is 0 Å². The summed E-state index contributed by atoms with van der Waals surface area (Å²) in [4.78, 5) is 39.5. The zero-order valence-electron chi connectivity index (χ0n) is 14.7. The van der Waals surface area contributed by atoms with Gasteiger partial charge in [0.25, 0.3) is 11.8 Å². The van der Waals surface area contributed by atoms with Crippen molar-refractivity contribution >= 4 is 22.8 Å². The Labute approximate surface area is 151 Å². The Bertz CT molecular complexity index is 944. The number of rotatable bonds is 2. The number of amides is 2. The quantitative estimate of drug-likeness (QED) is 0.742. The molecular weight excluding hydrogens is 330 g/mol. The maximum atomic E-state index is 12.9. The molecule has 2 N–H and O–H groups in total. The van der Waals surface area contributed by atoms with E-state index in [2.05, 4.69) is 15.0 Å². The Morgan fingerprint density at radius 3 is 2.42 bits per heavy atom. The summed E-state index contributed by atoms with van der Waals surface area (Å²) < 4.78 is 0. The Balaban J connectivity index is 1.47. The van der Waals surface area contributed by atoms with Gasteiger partial charge in [0, 0.05) is 44.1 Å². The molecule has 1 aliphatic rings. The number of aromatic amines is 2. The summed E-state index contributed by atoms with van der Waals surface area (Å²) in [7, 11) is 0. The molecule has 0 aliphatic carbocycles. The summed E-state index contributed by atoms with van der Waals surface area (Å²) in [6, 6.07) is 7.31. The minimum atomic E-state index is -0.00454. The summed E-state index contributed by atoms with van der Waals surface area (Å²) in [5.74, 6) is 0.836. The van der Waals surface area contributed by atoms with Gasteiger partial charge >= 0.3 is 0 Å². The van der Waals surface area contributed by atoms with Crippen molar-refractivity contribution in [1.82, 2.24) is 24.8 Å². The van der Waals surface area contributed by atoms with Crippen LogP contribution >= 0.6 is 0 Å². The number of benzene rings is 1. The number of hydrogen-bond donors (Lipinski definition) is 2. The highest BCUT2D eigenvalue weighted by atomic mass is 16.2. The van der Waals surface area contributed by atoms with Gasteiger partial charge in [-0.15, -0.1) is 0 Å². The van der Waals surface area contributed by atoms with Crippen molar-refractivity contribution in [3.63, 3.8) is 0 Å². The van der Waals surface area contributed by atoms with Crippen LogP contribution in [0, 0.1) is 6.92 Å². The summed E-state index contributed by atoms with van der Waals surface area (Å²) in [5, 5.41) is 0. The first kappa shape index (κ1) is 16.4. The third-order valence-corrected chi connectivity index (χ3v) is 4.76. The second-order valence-corrected chi connectivity index (χ2v) is 6.59. The van der Waals surface area contributed by atoms with Crippen molar-refractivity contribution in [1.29, 1.82) is 0 Å². The molecule has 0 unspecified atom stereocenters. The highest BCUT2D eigenvalue weighted by Crippen LogP contribution is 2.17.